The van der Waals surface area contributed by atoms with E-state index in [1.54, 1.807) is 14.2 Å². The highest BCUT2D eigenvalue weighted by Gasteiger charge is 2.21. The molecule has 1 aromatic carbocycles. The van der Waals surface area contributed by atoms with Crippen molar-refractivity contribution in [3.63, 3.8) is 0 Å². The number of hydrogen-bond donors (Lipinski definition) is 1. The molecule has 5 nitrogen and oxygen atoms in total. The zero-order valence-corrected chi connectivity index (χ0v) is 16.7. The Morgan fingerprint density at radius 1 is 1.11 bits per heavy atom. The monoisotopic (exact) mass is 377 g/mol. The van der Waals surface area contributed by atoms with E-state index in [1.165, 1.54) is 17.6 Å². The fourth-order valence-corrected chi connectivity index (χ4v) is 3.87. The number of benzene rings is 1. The summed E-state index contributed by atoms with van der Waals surface area (Å²) in [6.45, 7) is 0.808. The molecule has 0 amide bonds. The third-order valence-corrected chi connectivity index (χ3v) is 5.59. The van der Waals surface area contributed by atoms with E-state index in [0.717, 1.165) is 42.2 Å². The maximum Gasteiger partial charge on any atom is 0.161 e. The molecule has 1 atom stereocenters. The summed E-state index contributed by atoms with van der Waals surface area (Å²) < 4.78 is 10.8. The van der Waals surface area contributed by atoms with Crippen LogP contribution in [-0.4, -0.2) is 44.6 Å². The minimum Gasteiger partial charge on any atom is -0.493 e. The molecule has 3 aliphatic rings. The van der Waals surface area contributed by atoms with Gasteiger partial charge in [-0.05, 0) is 73.9 Å². The third-order valence-electron chi connectivity index (χ3n) is 5.59. The first kappa shape index (κ1) is 18.6. The normalized spacial score (nSPS) is 21.2. The molecule has 4 rings (SSSR count). The van der Waals surface area contributed by atoms with Crippen molar-refractivity contribution in [3.8, 4) is 11.5 Å². The summed E-state index contributed by atoms with van der Waals surface area (Å²) >= 11 is 0. The Hall–Kier alpha value is -2.79. The van der Waals surface area contributed by atoms with Crippen LogP contribution in [0.3, 0.4) is 0 Å². The maximum atomic E-state index is 5.43. The molecule has 28 heavy (non-hydrogen) atoms. The van der Waals surface area contributed by atoms with Gasteiger partial charge in [0.15, 0.2) is 11.5 Å². The van der Waals surface area contributed by atoms with Gasteiger partial charge in [0.05, 0.1) is 19.9 Å². The van der Waals surface area contributed by atoms with Gasteiger partial charge in [0.25, 0.3) is 0 Å². The Morgan fingerprint density at radius 2 is 1.96 bits per heavy atom. The first-order valence-electron chi connectivity index (χ1n) is 9.76. The first-order valence-corrected chi connectivity index (χ1v) is 9.76. The number of nitrogens with one attached hydrogen (secondary N) is 1. The van der Waals surface area contributed by atoms with Crippen LogP contribution in [0.5, 0.6) is 11.5 Å². The molecule has 0 fully saturated rings. The van der Waals surface area contributed by atoms with Crippen LogP contribution in [0, 0.1) is 0 Å². The second-order valence-corrected chi connectivity index (χ2v) is 7.19. The van der Waals surface area contributed by atoms with Gasteiger partial charge in [-0.15, -0.1) is 0 Å². The maximum absolute atomic E-state index is 5.43. The van der Waals surface area contributed by atoms with Crippen molar-refractivity contribution in [1.82, 2.24) is 10.2 Å². The van der Waals surface area contributed by atoms with Gasteiger partial charge in [0.2, 0.25) is 0 Å². The Kier molecular flexibility index (Phi) is 5.35. The minimum absolute atomic E-state index is 0.607. The van der Waals surface area contributed by atoms with E-state index in [2.05, 4.69) is 40.7 Å². The Labute approximate surface area is 166 Å². The van der Waals surface area contributed by atoms with E-state index in [4.69, 9.17) is 14.5 Å². The van der Waals surface area contributed by atoms with Crippen LogP contribution in [0.2, 0.25) is 0 Å². The molecule has 1 aromatic rings. The van der Waals surface area contributed by atoms with E-state index in [0.29, 0.717) is 11.8 Å². The summed E-state index contributed by atoms with van der Waals surface area (Å²) in [6.07, 6.45) is 14.5. The second kappa shape index (κ2) is 8.07. The molecule has 1 N–H and O–H groups in total. The van der Waals surface area contributed by atoms with E-state index in [1.807, 2.05) is 25.2 Å². The average molecular weight is 377 g/mol. The summed E-state index contributed by atoms with van der Waals surface area (Å²) in [5.74, 6) is 2.41. The molecule has 1 unspecified atom stereocenters. The van der Waals surface area contributed by atoms with Crippen molar-refractivity contribution in [2.45, 2.75) is 25.3 Å². The molecule has 0 radical (unpaired) electrons. The predicted octanol–water partition coefficient (Wildman–Crippen LogP) is 3.91. The number of fused-ring (bicyclic) bond motifs is 1. The van der Waals surface area contributed by atoms with Crippen LogP contribution in [0.25, 0.3) is 5.70 Å². The van der Waals surface area contributed by atoms with Gasteiger partial charge in [0, 0.05) is 24.4 Å². The topological polar surface area (TPSA) is 46.1 Å². The molecular weight excluding hydrogens is 350 g/mol. The van der Waals surface area contributed by atoms with Crippen LogP contribution in [0.1, 0.15) is 24.8 Å². The number of rotatable bonds is 5. The van der Waals surface area contributed by atoms with Gasteiger partial charge in [-0.1, -0.05) is 6.08 Å². The van der Waals surface area contributed by atoms with Crippen LogP contribution in [0.4, 0.5) is 0 Å². The Balaban J connectivity index is 1.52. The standard InChI is InChI=1S/C23H27N3O2/c1-24-19-8-4-16(5-9-19)18-7-11-23-25-20(12-13-26(23)15-18)17-6-10-21(27-2)22(14-17)28-3/h4,6-7,10-12,14-15,19,24H,5,8-9,13H2,1-3H3. The van der Waals surface area contributed by atoms with Crippen LogP contribution < -0.4 is 14.8 Å². The van der Waals surface area contributed by atoms with Crippen molar-refractivity contribution in [2.75, 3.05) is 27.8 Å². The smallest absolute Gasteiger partial charge is 0.161 e. The number of ether oxygens (including phenoxy) is 2. The molecule has 0 saturated carbocycles. The van der Waals surface area contributed by atoms with Gasteiger partial charge in [0.1, 0.15) is 5.84 Å². The Morgan fingerprint density at radius 3 is 2.68 bits per heavy atom. The highest BCUT2D eigenvalue weighted by atomic mass is 16.5. The summed E-state index contributed by atoms with van der Waals surface area (Å²) in [7, 11) is 5.34. The predicted molar refractivity (Wildman–Crippen MR) is 114 cm³/mol. The molecule has 0 aromatic heterocycles. The van der Waals surface area contributed by atoms with Crippen molar-refractivity contribution in [3.05, 3.63) is 65.4 Å². The van der Waals surface area contributed by atoms with E-state index in [9.17, 15) is 0 Å². The summed E-state index contributed by atoms with van der Waals surface area (Å²) in [4.78, 5) is 7.07. The minimum atomic E-state index is 0.607. The lowest BCUT2D eigenvalue weighted by molar-refractivity contribution is 0.355. The van der Waals surface area contributed by atoms with Gasteiger partial charge in [-0.25, -0.2) is 4.99 Å². The zero-order chi connectivity index (χ0) is 19.5. The quantitative estimate of drug-likeness (QED) is 0.845. The molecule has 0 saturated heterocycles. The van der Waals surface area contributed by atoms with Crippen molar-refractivity contribution < 1.29 is 9.47 Å². The number of aliphatic imine (C=N–C) groups is 1. The third kappa shape index (κ3) is 3.62. The SMILES string of the molecule is CNC1CC=C(C2=CN3CC=C(c4ccc(OC)c(OC)c4)N=C3C=C2)CC1. The molecular formula is C23H27N3O2. The van der Waals surface area contributed by atoms with Crippen LogP contribution in [0.15, 0.2) is 64.8 Å². The van der Waals surface area contributed by atoms with Crippen LogP contribution in [-0.2, 0) is 0 Å². The zero-order valence-electron chi connectivity index (χ0n) is 16.7. The van der Waals surface area contributed by atoms with Gasteiger partial charge < -0.3 is 19.7 Å². The van der Waals surface area contributed by atoms with E-state index in [-0.39, 0.29) is 0 Å². The summed E-state index contributed by atoms with van der Waals surface area (Å²) in [6, 6.07) is 6.52. The van der Waals surface area contributed by atoms with Crippen molar-refractivity contribution in [1.29, 1.82) is 0 Å². The fraction of sp³-hybridized carbons (Fsp3) is 0.348. The summed E-state index contributed by atoms with van der Waals surface area (Å²) in [5.41, 5.74) is 4.73. The molecule has 0 bridgehead atoms. The number of methoxy groups -OCH3 is 2. The van der Waals surface area contributed by atoms with Gasteiger partial charge >= 0.3 is 0 Å². The Bertz CT molecular complexity index is 908. The largest absolute Gasteiger partial charge is 0.493 e. The highest BCUT2D eigenvalue weighted by Crippen LogP contribution is 2.33. The molecule has 2 heterocycles. The number of allylic oxidation sites excluding steroid dienone is 3. The molecule has 0 spiro atoms. The first-order chi connectivity index (χ1) is 13.7. The van der Waals surface area contributed by atoms with E-state index >= 15 is 0 Å². The molecule has 1 aliphatic carbocycles. The van der Waals surface area contributed by atoms with Gasteiger partial charge in [-0.3, -0.25) is 0 Å². The summed E-state index contributed by atoms with van der Waals surface area (Å²) in [5, 5.41) is 3.37. The lowest BCUT2D eigenvalue weighted by atomic mass is 9.90. The number of amidine groups is 1. The molecule has 146 valence electrons. The van der Waals surface area contributed by atoms with Crippen molar-refractivity contribution in [2.24, 2.45) is 4.99 Å². The molecule has 5 heteroatoms. The number of hydrogen-bond acceptors (Lipinski definition) is 5. The average Bonchev–Trinajstić information content (AvgIpc) is 2.78. The lowest BCUT2D eigenvalue weighted by Crippen LogP contribution is -2.30. The van der Waals surface area contributed by atoms with Crippen molar-refractivity contribution >= 4 is 11.5 Å². The van der Waals surface area contributed by atoms with Gasteiger partial charge in [-0.2, -0.15) is 0 Å². The highest BCUT2D eigenvalue weighted by molar-refractivity contribution is 6.00. The number of nitrogens with zero attached hydrogens (tertiary/aromatic N) is 2. The second-order valence-electron chi connectivity index (χ2n) is 7.19. The van der Waals surface area contributed by atoms with E-state index < -0.39 is 0 Å². The van der Waals surface area contributed by atoms with Crippen LogP contribution >= 0.6 is 0 Å². The fourth-order valence-electron chi connectivity index (χ4n) is 3.87. The lowest BCUT2D eigenvalue weighted by Gasteiger charge is -2.29. The molecule has 2 aliphatic heterocycles.